The van der Waals surface area contributed by atoms with Crippen molar-refractivity contribution in [2.75, 3.05) is 18.0 Å². The maximum absolute atomic E-state index is 14.6. The van der Waals surface area contributed by atoms with Gasteiger partial charge in [-0.25, -0.2) is 8.78 Å². The Bertz CT molecular complexity index is 1190. The molecule has 2 aromatic rings. The van der Waals surface area contributed by atoms with Gasteiger partial charge in [-0.3, -0.25) is 4.79 Å². The first-order chi connectivity index (χ1) is 17.5. The van der Waals surface area contributed by atoms with Crippen LogP contribution < -0.4 is 20.3 Å². The molecule has 2 heterocycles. The van der Waals surface area contributed by atoms with Crippen LogP contribution in [0.4, 0.5) is 14.5 Å². The SMILES string of the molecule is CC1CCc2c(ccc(/C(C=N)=C/NC3CCNCC3)c2Oc2ccc(F)cc2F)N1C(=O)C1CC1. The van der Waals surface area contributed by atoms with E-state index in [-0.39, 0.29) is 23.6 Å². The summed E-state index contributed by atoms with van der Waals surface area (Å²) in [6.07, 6.45) is 8.22. The minimum absolute atomic E-state index is 0.0474. The van der Waals surface area contributed by atoms with Crippen molar-refractivity contribution < 1.29 is 18.3 Å². The first-order valence-electron chi connectivity index (χ1n) is 12.8. The number of nitrogens with zero attached hydrogens (tertiary/aromatic N) is 1. The van der Waals surface area contributed by atoms with E-state index in [1.54, 1.807) is 0 Å². The van der Waals surface area contributed by atoms with Gasteiger partial charge in [0.15, 0.2) is 11.6 Å². The maximum Gasteiger partial charge on any atom is 0.230 e. The first-order valence-corrected chi connectivity index (χ1v) is 12.8. The number of ether oxygens (including phenoxy) is 1. The zero-order valence-electron chi connectivity index (χ0n) is 20.4. The summed E-state index contributed by atoms with van der Waals surface area (Å²) >= 11 is 0. The molecular weight excluding hydrogens is 462 g/mol. The Labute approximate surface area is 210 Å². The standard InChI is InChI=1S/C28H32F2N4O2/c1-17-2-6-23-25(34(17)28(35)18-3-4-18)8-7-22(19(15-31)16-33-21-10-12-32-13-11-21)27(23)36-26-9-5-20(29)14-24(26)30/h5,7-9,14-18,21,31-33H,2-4,6,10-13H2,1H3/b19-16+,31-15?. The van der Waals surface area contributed by atoms with Crippen molar-refractivity contribution in [3.63, 3.8) is 0 Å². The molecule has 2 fully saturated rings. The van der Waals surface area contributed by atoms with Crippen molar-refractivity contribution in [3.05, 3.63) is 59.3 Å². The maximum atomic E-state index is 14.6. The molecule has 1 saturated heterocycles. The van der Waals surface area contributed by atoms with Gasteiger partial charge in [0, 0.05) is 53.2 Å². The second kappa shape index (κ2) is 10.4. The Balaban J connectivity index is 1.58. The van der Waals surface area contributed by atoms with Crippen molar-refractivity contribution in [2.24, 2.45) is 5.92 Å². The number of piperidine rings is 1. The average Bonchev–Trinajstić information content (AvgIpc) is 3.72. The monoisotopic (exact) mass is 494 g/mol. The van der Waals surface area contributed by atoms with Gasteiger partial charge in [0.25, 0.3) is 0 Å². The molecule has 2 aromatic carbocycles. The Kier molecular flexibility index (Phi) is 7.05. The van der Waals surface area contributed by atoms with Crippen LogP contribution >= 0.6 is 0 Å². The molecule has 1 aliphatic carbocycles. The summed E-state index contributed by atoms with van der Waals surface area (Å²) in [4.78, 5) is 15.0. The normalized spacial score (nSPS) is 20.6. The summed E-state index contributed by atoms with van der Waals surface area (Å²) in [7, 11) is 0. The van der Waals surface area contributed by atoms with Crippen molar-refractivity contribution >= 4 is 23.4 Å². The van der Waals surface area contributed by atoms with Gasteiger partial charge in [-0.1, -0.05) is 0 Å². The van der Waals surface area contributed by atoms with Crippen molar-refractivity contribution in [1.29, 1.82) is 5.41 Å². The number of amides is 1. The number of nitrogens with one attached hydrogen (secondary N) is 3. The molecule has 1 atom stereocenters. The van der Waals surface area contributed by atoms with Crippen LogP contribution in [0.1, 0.15) is 50.2 Å². The largest absolute Gasteiger partial charge is 0.453 e. The Morgan fingerprint density at radius 3 is 2.61 bits per heavy atom. The first kappa shape index (κ1) is 24.4. The fourth-order valence-corrected chi connectivity index (χ4v) is 5.07. The van der Waals surface area contributed by atoms with Gasteiger partial charge in [-0.2, -0.15) is 0 Å². The molecule has 3 N–H and O–H groups in total. The number of benzene rings is 2. The Hall–Kier alpha value is -3.26. The molecule has 36 heavy (non-hydrogen) atoms. The number of anilines is 1. The molecule has 0 bridgehead atoms. The van der Waals surface area contributed by atoms with Gasteiger partial charge < -0.3 is 25.7 Å². The fraction of sp³-hybridized carbons (Fsp3) is 0.429. The molecule has 8 heteroatoms. The third-order valence-electron chi connectivity index (χ3n) is 7.30. The number of hydrogen-bond acceptors (Lipinski definition) is 5. The van der Waals surface area contributed by atoms with E-state index in [4.69, 9.17) is 10.1 Å². The molecule has 190 valence electrons. The third-order valence-corrected chi connectivity index (χ3v) is 7.30. The summed E-state index contributed by atoms with van der Waals surface area (Å²) in [5, 5.41) is 14.9. The lowest BCUT2D eigenvalue weighted by Gasteiger charge is -2.37. The lowest BCUT2D eigenvalue weighted by atomic mass is 9.91. The lowest BCUT2D eigenvalue weighted by Crippen LogP contribution is -2.43. The van der Waals surface area contributed by atoms with E-state index in [1.807, 2.05) is 30.2 Å². The molecule has 3 aliphatic rings. The van der Waals surface area contributed by atoms with E-state index < -0.39 is 11.6 Å². The highest BCUT2D eigenvalue weighted by Crippen LogP contribution is 2.45. The molecule has 1 amide bonds. The van der Waals surface area contributed by atoms with E-state index in [1.165, 1.54) is 12.3 Å². The van der Waals surface area contributed by atoms with Gasteiger partial charge >= 0.3 is 0 Å². The number of carbonyl (C=O) groups excluding carboxylic acids is 1. The quantitative estimate of drug-likeness (QED) is 0.465. The van der Waals surface area contributed by atoms with Crippen LogP contribution in [0.2, 0.25) is 0 Å². The number of rotatable bonds is 7. The predicted molar refractivity (Wildman–Crippen MR) is 137 cm³/mol. The number of hydrogen-bond donors (Lipinski definition) is 3. The van der Waals surface area contributed by atoms with Crippen LogP contribution in [0, 0.1) is 23.0 Å². The summed E-state index contributed by atoms with van der Waals surface area (Å²) < 4.78 is 34.4. The van der Waals surface area contributed by atoms with Gasteiger partial charge in [-0.05, 0) is 82.8 Å². The molecule has 2 aliphatic heterocycles. The number of allylic oxidation sites excluding steroid dienone is 1. The minimum atomic E-state index is -0.804. The molecular formula is C28H32F2N4O2. The Morgan fingerprint density at radius 2 is 1.92 bits per heavy atom. The summed E-state index contributed by atoms with van der Waals surface area (Å²) in [5.41, 5.74) is 2.79. The van der Waals surface area contributed by atoms with E-state index in [9.17, 15) is 13.6 Å². The lowest BCUT2D eigenvalue weighted by molar-refractivity contribution is -0.120. The van der Waals surface area contributed by atoms with E-state index in [0.29, 0.717) is 29.3 Å². The number of carbonyl (C=O) groups is 1. The molecule has 1 saturated carbocycles. The molecule has 0 aromatic heterocycles. The average molecular weight is 495 g/mol. The molecule has 0 radical (unpaired) electrons. The van der Waals surface area contributed by atoms with E-state index >= 15 is 0 Å². The Morgan fingerprint density at radius 1 is 1.14 bits per heavy atom. The highest BCUT2D eigenvalue weighted by Gasteiger charge is 2.39. The van der Waals surface area contributed by atoms with Crippen molar-refractivity contribution in [3.8, 4) is 11.5 Å². The topological polar surface area (TPSA) is 77.5 Å². The van der Waals surface area contributed by atoms with Crippen LogP contribution in [0.15, 0.2) is 36.5 Å². The molecule has 0 spiro atoms. The summed E-state index contributed by atoms with van der Waals surface area (Å²) in [6.45, 7) is 3.92. The highest BCUT2D eigenvalue weighted by molar-refractivity contribution is 6.10. The van der Waals surface area contributed by atoms with Crippen molar-refractivity contribution in [1.82, 2.24) is 10.6 Å². The second-order valence-electron chi connectivity index (χ2n) is 9.92. The van der Waals surface area contributed by atoms with Gasteiger partial charge in [-0.15, -0.1) is 0 Å². The third kappa shape index (κ3) is 5.00. The summed E-state index contributed by atoms with van der Waals surface area (Å²) in [5.74, 6) is -1.01. The van der Waals surface area contributed by atoms with Crippen molar-refractivity contribution in [2.45, 2.75) is 57.5 Å². The number of halogens is 2. The highest BCUT2D eigenvalue weighted by atomic mass is 19.1. The molecule has 6 nitrogen and oxygen atoms in total. The zero-order chi connectivity index (χ0) is 25.2. The van der Waals surface area contributed by atoms with E-state index in [2.05, 4.69) is 10.6 Å². The smallest absolute Gasteiger partial charge is 0.230 e. The second-order valence-corrected chi connectivity index (χ2v) is 9.92. The fourth-order valence-electron chi connectivity index (χ4n) is 5.07. The minimum Gasteiger partial charge on any atom is -0.453 e. The molecule has 5 rings (SSSR count). The van der Waals surface area contributed by atoms with Crippen LogP contribution in [-0.2, 0) is 11.2 Å². The van der Waals surface area contributed by atoms with Gasteiger partial charge in [0.2, 0.25) is 5.91 Å². The predicted octanol–water partition coefficient (Wildman–Crippen LogP) is 5.17. The summed E-state index contributed by atoms with van der Waals surface area (Å²) in [6, 6.07) is 7.31. The van der Waals surface area contributed by atoms with Crippen LogP contribution in [0.3, 0.4) is 0 Å². The van der Waals surface area contributed by atoms with E-state index in [0.717, 1.165) is 68.6 Å². The van der Waals surface area contributed by atoms with Crippen LogP contribution in [-0.4, -0.2) is 37.3 Å². The molecule has 1 unspecified atom stereocenters. The number of fused-ring (bicyclic) bond motifs is 1. The van der Waals surface area contributed by atoms with Crippen LogP contribution in [0.25, 0.3) is 5.57 Å². The zero-order valence-corrected chi connectivity index (χ0v) is 20.4. The van der Waals surface area contributed by atoms with Gasteiger partial charge in [0.05, 0.1) is 5.69 Å². The van der Waals surface area contributed by atoms with Crippen LogP contribution in [0.5, 0.6) is 11.5 Å². The van der Waals surface area contributed by atoms with Gasteiger partial charge in [0.1, 0.15) is 11.6 Å².